The van der Waals surface area contributed by atoms with Crippen LogP contribution in [0.2, 0.25) is 5.02 Å². The number of hydrogen-bond donors (Lipinski definition) is 1. The predicted molar refractivity (Wildman–Crippen MR) is 96.1 cm³/mol. The smallest absolute Gasteiger partial charge is 0.341 e. The summed E-state index contributed by atoms with van der Waals surface area (Å²) in [6.45, 7) is 5.69. The van der Waals surface area contributed by atoms with E-state index in [0.717, 1.165) is 22.0 Å². The van der Waals surface area contributed by atoms with Crippen LogP contribution in [0.25, 0.3) is 21.8 Å². The highest BCUT2D eigenvalue weighted by Crippen LogP contribution is 2.39. The average molecular weight is 344 g/mol. The predicted octanol–water partition coefficient (Wildman–Crippen LogP) is 4.71. The van der Waals surface area contributed by atoms with Crippen molar-refractivity contribution in [3.63, 3.8) is 0 Å². The normalized spacial score (nSPS) is 11.2. The maximum absolute atomic E-state index is 12.1. The average Bonchev–Trinajstić information content (AvgIpc) is 2.57. The first-order valence-electron chi connectivity index (χ1n) is 7.72. The van der Waals surface area contributed by atoms with E-state index in [-0.39, 0.29) is 11.3 Å². The van der Waals surface area contributed by atoms with E-state index in [4.69, 9.17) is 21.3 Å². The van der Waals surface area contributed by atoms with Gasteiger partial charge in [-0.1, -0.05) is 18.5 Å². The standard InChI is InChI=1S/C19H18ClNO3/c1-5-12-13-8-11(20)6-7-14(13)21-17-10(3)9(2)15(19(23)24-4)18(22)16(12)17/h6-8,22H,5H2,1-4H3. The highest BCUT2D eigenvalue weighted by atomic mass is 35.5. The van der Waals surface area contributed by atoms with E-state index in [1.807, 2.05) is 26.0 Å². The molecule has 5 heteroatoms. The molecule has 4 nitrogen and oxygen atoms in total. The molecule has 0 fully saturated rings. The second-order valence-electron chi connectivity index (χ2n) is 5.79. The van der Waals surface area contributed by atoms with E-state index in [9.17, 15) is 9.90 Å². The van der Waals surface area contributed by atoms with Gasteiger partial charge in [0.2, 0.25) is 0 Å². The van der Waals surface area contributed by atoms with Crippen molar-refractivity contribution in [1.29, 1.82) is 0 Å². The minimum absolute atomic E-state index is 0.0776. The van der Waals surface area contributed by atoms with Crippen molar-refractivity contribution in [1.82, 2.24) is 4.98 Å². The third-order valence-electron chi connectivity index (χ3n) is 4.56. The van der Waals surface area contributed by atoms with Crippen LogP contribution in [0.1, 0.15) is 34.0 Å². The number of rotatable bonds is 2. The van der Waals surface area contributed by atoms with Crippen LogP contribution in [0.5, 0.6) is 5.75 Å². The molecule has 0 aliphatic heterocycles. The fraction of sp³-hybridized carbons (Fsp3) is 0.263. The van der Waals surface area contributed by atoms with Crippen molar-refractivity contribution in [3.8, 4) is 5.75 Å². The summed E-state index contributed by atoms with van der Waals surface area (Å²) in [6.07, 6.45) is 0.673. The summed E-state index contributed by atoms with van der Waals surface area (Å²) in [5.74, 6) is -0.630. The number of ether oxygens (including phenoxy) is 1. The maximum atomic E-state index is 12.1. The summed E-state index contributed by atoms with van der Waals surface area (Å²) in [7, 11) is 1.31. The zero-order chi connectivity index (χ0) is 17.6. The van der Waals surface area contributed by atoms with Crippen molar-refractivity contribution in [3.05, 3.63) is 45.5 Å². The summed E-state index contributed by atoms with van der Waals surface area (Å²) >= 11 is 6.13. The third kappa shape index (κ3) is 2.29. The maximum Gasteiger partial charge on any atom is 0.341 e. The first-order chi connectivity index (χ1) is 11.4. The number of aromatic nitrogens is 1. The lowest BCUT2D eigenvalue weighted by molar-refractivity contribution is 0.0597. The van der Waals surface area contributed by atoms with Gasteiger partial charge in [-0.25, -0.2) is 9.78 Å². The molecule has 3 rings (SSSR count). The van der Waals surface area contributed by atoms with Crippen molar-refractivity contribution >= 4 is 39.4 Å². The number of esters is 1. The molecule has 124 valence electrons. The van der Waals surface area contributed by atoms with Gasteiger partial charge < -0.3 is 9.84 Å². The van der Waals surface area contributed by atoms with Crippen molar-refractivity contribution in [2.75, 3.05) is 7.11 Å². The van der Waals surface area contributed by atoms with E-state index >= 15 is 0 Å². The van der Waals surface area contributed by atoms with Crippen LogP contribution in [-0.2, 0) is 11.2 Å². The molecule has 0 bridgehead atoms. The Hall–Kier alpha value is -2.33. The number of fused-ring (bicyclic) bond motifs is 2. The molecule has 0 atom stereocenters. The SMILES string of the molecule is CCc1c2cc(Cl)ccc2nc2c(C)c(C)c(C(=O)OC)c(O)c12. The van der Waals surface area contributed by atoms with Crippen LogP contribution < -0.4 is 0 Å². The first kappa shape index (κ1) is 16.5. The van der Waals surface area contributed by atoms with Crippen molar-refractivity contribution in [2.24, 2.45) is 0 Å². The van der Waals surface area contributed by atoms with E-state index in [1.54, 1.807) is 13.0 Å². The Balaban J connectivity index is 2.60. The molecule has 0 radical (unpaired) electrons. The molecule has 0 unspecified atom stereocenters. The molecule has 0 aliphatic rings. The lowest BCUT2D eigenvalue weighted by atomic mass is 9.92. The monoisotopic (exact) mass is 343 g/mol. The van der Waals surface area contributed by atoms with E-state index < -0.39 is 5.97 Å². The van der Waals surface area contributed by atoms with Gasteiger partial charge in [0, 0.05) is 15.8 Å². The van der Waals surface area contributed by atoms with Gasteiger partial charge >= 0.3 is 5.97 Å². The van der Waals surface area contributed by atoms with Gasteiger partial charge in [0.25, 0.3) is 0 Å². The van der Waals surface area contributed by atoms with Crippen LogP contribution in [0.15, 0.2) is 18.2 Å². The molecule has 2 aromatic carbocycles. The van der Waals surface area contributed by atoms with Crippen LogP contribution in [0.3, 0.4) is 0 Å². The summed E-state index contributed by atoms with van der Waals surface area (Å²) in [5, 5.41) is 12.9. The van der Waals surface area contributed by atoms with Crippen molar-refractivity contribution < 1.29 is 14.6 Å². The van der Waals surface area contributed by atoms with E-state index in [1.165, 1.54) is 7.11 Å². The van der Waals surface area contributed by atoms with Gasteiger partial charge in [0.05, 0.1) is 18.1 Å². The molecule has 1 aromatic heterocycles. The number of carbonyl (C=O) groups is 1. The molecule has 0 amide bonds. The topological polar surface area (TPSA) is 59.4 Å². The number of aromatic hydroxyl groups is 1. The van der Waals surface area contributed by atoms with Crippen LogP contribution in [0.4, 0.5) is 0 Å². The Kier molecular flexibility index (Phi) is 4.10. The quantitative estimate of drug-likeness (QED) is 0.540. The second-order valence-corrected chi connectivity index (χ2v) is 6.23. The molecule has 0 aliphatic carbocycles. The van der Waals surface area contributed by atoms with Crippen LogP contribution in [-0.4, -0.2) is 23.2 Å². The number of aryl methyl sites for hydroxylation is 2. The minimum Gasteiger partial charge on any atom is -0.506 e. The number of benzene rings is 2. The Labute approximate surface area is 145 Å². The first-order valence-corrected chi connectivity index (χ1v) is 8.10. The molecule has 0 spiro atoms. The Morgan fingerprint density at radius 1 is 1.29 bits per heavy atom. The van der Waals surface area contributed by atoms with Gasteiger partial charge in [-0.3, -0.25) is 0 Å². The number of carbonyl (C=O) groups excluding carboxylic acids is 1. The lowest BCUT2D eigenvalue weighted by Gasteiger charge is -2.17. The molecule has 1 heterocycles. The highest BCUT2D eigenvalue weighted by molar-refractivity contribution is 6.31. The highest BCUT2D eigenvalue weighted by Gasteiger charge is 2.24. The Morgan fingerprint density at radius 2 is 2.00 bits per heavy atom. The number of pyridine rings is 1. The van der Waals surface area contributed by atoms with Crippen molar-refractivity contribution in [2.45, 2.75) is 27.2 Å². The molecule has 3 aromatic rings. The summed E-state index contributed by atoms with van der Waals surface area (Å²) in [6, 6.07) is 5.51. The molecule has 0 saturated heterocycles. The largest absolute Gasteiger partial charge is 0.506 e. The zero-order valence-electron chi connectivity index (χ0n) is 14.0. The third-order valence-corrected chi connectivity index (χ3v) is 4.80. The van der Waals surface area contributed by atoms with Gasteiger partial charge in [-0.2, -0.15) is 0 Å². The molecule has 1 N–H and O–H groups in total. The van der Waals surface area contributed by atoms with E-state index in [2.05, 4.69) is 0 Å². The fourth-order valence-corrected chi connectivity index (χ4v) is 3.39. The lowest BCUT2D eigenvalue weighted by Crippen LogP contribution is -2.08. The molecular weight excluding hydrogens is 326 g/mol. The second kappa shape index (κ2) is 5.95. The number of phenols is 1. The minimum atomic E-state index is -0.553. The fourth-order valence-electron chi connectivity index (χ4n) is 3.21. The zero-order valence-corrected chi connectivity index (χ0v) is 14.8. The van der Waals surface area contributed by atoms with Gasteiger partial charge in [0.1, 0.15) is 11.3 Å². The van der Waals surface area contributed by atoms with Crippen LogP contribution in [0, 0.1) is 13.8 Å². The summed E-state index contributed by atoms with van der Waals surface area (Å²) in [4.78, 5) is 16.8. The number of phenolic OH excluding ortho intramolecular Hbond substituents is 1. The van der Waals surface area contributed by atoms with Gasteiger partial charge in [0.15, 0.2) is 0 Å². The number of halogens is 1. The number of methoxy groups -OCH3 is 1. The Bertz CT molecular complexity index is 995. The molecule has 0 saturated carbocycles. The number of hydrogen-bond acceptors (Lipinski definition) is 4. The molecule has 24 heavy (non-hydrogen) atoms. The number of nitrogens with zero attached hydrogens (tertiary/aromatic N) is 1. The van der Waals surface area contributed by atoms with E-state index in [0.29, 0.717) is 27.9 Å². The van der Waals surface area contributed by atoms with Gasteiger partial charge in [-0.15, -0.1) is 0 Å². The summed E-state index contributed by atoms with van der Waals surface area (Å²) < 4.78 is 4.84. The Morgan fingerprint density at radius 3 is 2.62 bits per heavy atom. The van der Waals surface area contributed by atoms with Crippen LogP contribution >= 0.6 is 11.6 Å². The molecular formula is C19H18ClNO3. The van der Waals surface area contributed by atoms with Gasteiger partial charge in [-0.05, 0) is 55.2 Å². The summed E-state index contributed by atoms with van der Waals surface area (Å²) in [5.41, 5.74) is 4.16.